The van der Waals surface area contributed by atoms with Gasteiger partial charge in [0.1, 0.15) is 24.0 Å². The Labute approximate surface area is 351 Å². The molecule has 4 fully saturated rings. The van der Waals surface area contributed by atoms with Crippen molar-refractivity contribution in [2.24, 2.45) is 16.7 Å². The van der Waals surface area contributed by atoms with E-state index >= 15 is 0 Å². The number of rotatable bonds is 9. The van der Waals surface area contributed by atoms with Crippen molar-refractivity contribution in [2.45, 2.75) is 84.5 Å². The first-order valence-electron chi connectivity index (χ1n) is 21.0. The molecule has 2 atom stereocenters. The van der Waals surface area contributed by atoms with Crippen LogP contribution >= 0.6 is 11.6 Å². The van der Waals surface area contributed by atoms with E-state index in [-0.39, 0.29) is 59.1 Å². The van der Waals surface area contributed by atoms with Gasteiger partial charge < -0.3 is 24.8 Å². The molecule has 2 N–H and O–H groups in total. The van der Waals surface area contributed by atoms with E-state index in [0.717, 1.165) is 75.6 Å². The SMILES string of the molecule is CC1c2cc(N3CCN(CC4CCN(c5ccc(C(=O)NC6C(C)(C)C(Oc7ccc(C#N)c(Cl)c7)C6(C)C)cc5)CC4)CC3)ccc2C(=O)N1C1CCC(=O)NC1=O. The number of benzene rings is 3. The Morgan fingerprint density at radius 2 is 1.54 bits per heavy atom. The van der Waals surface area contributed by atoms with Crippen LogP contribution in [0, 0.1) is 28.1 Å². The van der Waals surface area contributed by atoms with Crippen LogP contribution in [0.25, 0.3) is 0 Å². The van der Waals surface area contributed by atoms with E-state index in [1.165, 1.54) is 0 Å². The van der Waals surface area contributed by atoms with Gasteiger partial charge in [0.05, 0.1) is 16.6 Å². The van der Waals surface area contributed by atoms with Gasteiger partial charge in [-0.1, -0.05) is 39.3 Å². The van der Waals surface area contributed by atoms with Crippen LogP contribution in [0.4, 0.5) is 11.4 Å². The van der Waals surface area contributed by atoms with Gasteiger partial charge in [-0.2, -0.15) is 5.26 Å². The standard InChI is InChI=1S/C46H54ClN7O5/c1-28-36-24-33(11-13-35(36)42(58)54(28)38-14-15-39(55)49-41(38)57)53-22-20-51(21-23-53)27-29-16-18-52(19-17-29)32-9-6-30(7-10-32)40(56)50-43-45(2,3)44(46(43,4)5)59-34-12-8-31(26-48)37(47)25-34/h6-13,24-25,28-29,38,43-44H,14-23,27H2,1-5H3,(H,50,56)(H,49,55,57). The summed E-state index contributed by atoms with van der Waals surface area (Å²) in [5, 5.41) is 15.3. The predicted molar refractivity (Wildman–Crippen MR) is 227 cm³/mol. The van der Waals surface area contributed by atoms with Crippen molar-refractivity contribution < 1.29 is 23.9 Å². The summed E-state index contributed by atoms with van der Waals surface area (Å²) in [5.41, 5.74) is 4.18. The number of hydrogen-bond acceptors (Lipinski definition) is 9. The number of carbonyl (C=O) groups is 4. The summed E-state index contributed by atoms with van der Waals surface area (Å²) >= 11 is 6.26. The summed E-state index contributed by atoms with van der Waals surface area (Å²) in [5.74, 6) is 0.325. The first kappa shape index (κ1) is 40.7. The highest BCUT2D eigenvalue weighted by atomic mass is 35.5. The fourth-order valence-electron chi connectivity index (χ4n) is 10.7. The Hall–Kier alpha value is -5.12. The number of piperazine rings is 1. The Bertz CT molecular complexity index is 2170. The van der Waals surface area contributed by atoms with Crippen LogP contribution in [0.1, 0.15) is 98.2 Å². The highest BCUT2D eigenvalue weighted by Gasteiger charge is 2.64. The van der Waals surface area contributed by atoms with Crippen molar-refractivity contribution in [3.8, 4) is 11.8 Å². The van der Waals surface area contributed by atoms with E-state index in [0.29, 0.717) is 39.8 Å². The van der Waals surface area contributed by atoms with Crippen LogP contribution in [0.3, 0.4) is 0 Å². The minimum Gasteiger partial charge on any atom is -0.489 e. The van der Waals surface area contributed by atoms with Crippen molar-refractivity contribution in [1.82, 2.24) is 20.4 Å². The molecule has 3 saturated heterocycles. The largest absolute Gasteiger partial charge is 0.489 e. The third kappa shape index (κ3) is 7.64. The fraction of sp³-hybridized carbons (Fsp3) is 0.500. The van der Waals surface area contributed by atoms with Crippen LogP contribution < -0.4 is 25.2 Å². The highest BCUT2D eigenvalue weighted by molar-refractivity contribution is 6.31. The summed E-state index contributed by atoms with van der Waals surface area (Å²) in [7, 11) is 0. The summed E-state index contributed by atoms with van der Waals surface area (Å²) in [6.07, 6.45) is 2.66. The molecule has 4 heterocycles. The minimum absolute atomic E-state index is 0.0985. The van der Waals surface area contributed by atoms with E-state index in [1.54, 1.807) is 23.1 Å². The molecular weight excluding hydrogens is 766 g/mol. The molecule has 5 aliphatic rings. The Kier molecular flexibility index (Phi) is 10.9. The Morgan fingerprint density at radius 1 is 0.881 bits per heavy atom. The molecule has 4 amide bonds. The molecule has 310 valence electrons. The molecule has 3 aromatic rings. The maximum atomic E-state index is 13.5. The second-order valence-electron chi connectivity index (χ2n) is 18.2. The summed E-state index contributed by atoms with van der Waals surface area (Å²) in [4.78, 5) is 60.2. The van der Waals surface area contributed by atoms with Crippen LogP contribution in [0.2, 0.25) is 5.02 Å². The fourth-order valence-corrected chi connectivity index (χ4v) is 10.9. The number of amides is 4. The van der Waals surface area contributed by atoms with Gasteiger partial charge in [0.15, 0.2) is 0 Å². The molecule has 0 aromatic heterocycles. The van der Waals surface area contributed by atoms with E-state index in [4.69, 9.17) is 16.3 Å². The number of carbonyl (C=O) groups excluding carboxylic acids is 4. The second kappa shape index (κ2) is 15.8. The quantitative estimate of drug-likeness (QED) is 0.243. The number of fused-ring (bicyclic) bond motifs is 1. The molecule has 59 heavy (non-hydrogen) atoms. The molecular formula is C46H54ClN7O5. The second-order valence-corrected chi connectivity index (χ2v) is 18.6. The maximum Gasteiger partial charge on any atom is 0.255 e. The molecule has 13 heteroatoms. The number of halogens is 1. The lowest BCUT2D eigenvalue weighted by atomic mass is 9.49. The average Bonchev–Trinajstić information content (AvgIpc) is 3.47. The average molecular weight is 820 g/mol. The van der Waals surface area contributed by atoms with Crippen molar-refractivity contribution in [3.63, 3.8) is 0 Å². The van der Waals surface area contributed by atoms with E-state index in [2.05, 4.69) is 77.3 Å². The van der Waals surface area contributed by atoms with Crippen LogP contribution in [0.5, 0.6) is 5.75 Å². The molecule has 12 nitrogen and oxygen atoms in total. The topological polar surface area (TPSA) is 138 Å². The molecule has 1 saturated carbocycles. The van der Waals surface area contributed by atoms with Gasteiger partial charge in [0, 0.05) is 97.7 Å². The van der Waals surface area contributed by atoms with Gasteiger partial charge in [-0.25, -0.2) is 0 Å². The first-order valence-corrected chi connectivity index (χ1v) is 21.3. The summed E-state index contributed by atoms with van der Waals surface area (Å²) in [6, 6.07) is 20.2. The lowest BCUT2D eigenvalue weighted by Gasteiger charge is -2.63. The Balaban J connectivity index is 0.789. The predicted octanol–water partition coefficient (Wildman–Crippen LogP) is 6.18. The van der Waals surface area contributed by atoms with E-state index in [9.17, 15) is 24.4 Å². The van der Waals surface area contributed by atoms with E-state index < -0.39 is 6.04 Å². The zero-order valence-electron chi connectivity index (χ0n) is 34.6. The molecule has 0 spiro atoms. The maximum absolute atomic E-state index is 13.5. The number of nitrogens with zero attached hydrogens (tertiary/aromatic N) is 5. The summed E-state index contributed by atoms with van der Waals surface area (Å²) < 4.78 is 6.39. The number of ether oxygens (including phenoxy) is 1. The molecule has 4 aliphatic heterocycles. The summed E-state index contributed by atoms with van der Waals surface area (Å²) in [6.45, 7) is 17.2. The third-order valence-corrected chi connectivity index (χ3v) is 14.0. The first-order chi connectivity index (χ1) is 28.1. The zero-order valence-corrected chi connectivity index (χ0v) is 35.3. The van der Waals surface area contributed by atoms with Gasteiger partial charge in [0.25, 0.3) is 11.8 Å². The van der Waals surface area contributed by atoms with Gasteiger partial charge >= 0.3 is 0 Å². The third-order valence-electron chi connectivity index (χ3n) is 13.7. The number of nitrogens with one attached hydrogen (secondary N) is 2. The number of anilines is 2. The van der Waals surface area contributed by atoms with Crippen LogP contribution in [0.15, 0.2) is 60.7 Å². The minimum atomic E-state index is -0.625. The highest BCUT2D eigenvalue weighted by Crippen LogP contribution is 2.55. The molecule has 0 bridgehead atoms. The Morgan fingerprint density at radius 3 is 2.19 bits per heavy atom. The van der Waals surface area contributed by atoms with Crippen molar-refractivity contribution >= 4 is 46.6 Å². The normalized spacial score (nSPS) is 25.5. The lowest BCUT2D eigenvalue weighted by molar-refractivity contribution is -0.164. The van der Waals surface area contributed by atoms with E-state index in [1.807, 2.05) is 31.2 Å². The van der Waals surface area contributed by atoms with Crippen molar-refractivity contribution in [1.29, 1.82) is 5.26 Å². The molecule has 1 aliphatic carbocycles. The zero-order chi connectivity index (χ0) is 41.8. The molecule has 2 unspecified atom stereocenters. The van der Waals surface area contributed by atoms with Crippen LogP contribution in [-0.4, -0.2) is 97.4 Å². The van der Waals surface area contributed by atoms with Gasteiger partial charge in [-0.15, -0.1) is 0 Å². The van der Waals surface area contributed by atoms with Crippen molar-refractivity contribution in [2.75, 3.05) is 55.6 Å². The lowest BCUT2D eigenvalue weighted by Crippen LogP contribution is -2.74. The number of piperidine rings is 2. The van der Waals surface area contributed by atoms with Gasteiger partial charge in [0.2, 0.25) is 11.8 Å². The van der Waals surface area contributed by atoms with Crippen molar-refractivity contribution in [3.05, 3.63) is 87.9 Å². The molecule has 8 rings (SSSR count). The molecule has 3 aromatic carbocycles. The van der Waals surface area contributed by atoms with Gasteiger partial charge in [-0.3, -0.25) is 29.4 Å². The molecule has 0 radical (unpaired) electrons. The number of imide groups is 1. The monoisotopic (exact) mass is 819 g/mol. The van der Waals surface area contributed by atoms with Crippen LogP contribution in [-0.2, 0) is 9.59 Å². The number of nitriles is 1. The van der Waals surface area contributed by atoms with Gasteiger partial charge in [-0.05, 0) is 92.3 Å². The number of hydrogen-bond donors (Lipinski definition) is 2. The smallest absolute Gasteiger partial charge is 0.255 e.